The standard InChI is InChI=1S/C14H14N2O4/c1-19-12-8-13(20-2)16-11(15-12)7-9-5-3-4-6-10(9)14(17)18/h3-6,8H,7H2,1-2H3,(H,17,18). The van der Waals surface area contributed by atoms with E-state index >= 15 is 0 Å². The summed E-state index contributed by atoms with van der Waals surface area (Å²) in [6, 6.07) is 8.31. The van der Waals surface area contributed by atoms with E-state index in [9.17, 15) is 4.79 Å². The minimum atomic E-state index is -0.976. The SMILES string of the molecule is COc1cc(OC)nc(Cc2ccccc2C(=O)O)n1. The predicted molar refractivity (Wildman–Crippen MR) is 71.3 cm³/mol. The molecule has 0 amide bonds. The van der Waals surface area contributed by atoms with Crippen LogP contribution in [0.25, 0.3) is 0 Å². The molecule has 0 radical (unpaired) electrons. The molecule has 0 aliphatic heterocycles. The molecule has 1 aromatic heterocycles. The maximum atomic E-state index is 11.2. The molecular formula is C14H14N2O4. The molecule has 1 N–H and O–H groups in total. The average Bonchev–Trinajstić information content (AvgIpc) is 2.47. The summed E-state index contributed by atoms with van der Waals surface area (Å²) in [5.74, 6) is 0.213. The lowest BCUT2D eigenvalue weighted by molar-refractivity contribution is 0.0696. The third kappa shape index (κ3) is 3.03. The zero-order valence-electron chi connectivity index (χ0n) is 11.2. The Labute approximate surface area is 116 Å². The van der Waals surface area contributed by atoms with Crippen LogP contribution in [0.3, 0.4) is 0 Å². The van der Waals surface area contributed by atoms with E-state index in [-0.39, 0.29) is 12.0 Å². The first-order chi connectivity index (χ1) is 9.63. The average molecular weight is 274 g/mol. The highest BCUT2D eigenvalue weighted by Crippen LogP contribution is 2.18. The van der Waals surface area contributed by atoms with Gasteiger partial charge in [-0.05, 0) is 11.6 Å². The molecular weight excluding hydrogens is 260 g/mol. The van der Waals surface area contributed by atoms with Gasteiger partial charge in [0.1, 0.15) is 5.82 Å². The van der Waals surface area contributed by atoms with Gasteiger partial charge in [0, 0.05) is 6.42 Å². The highest BCUT2D eigenvalue weighted by Gasteiger charge is 2.12. The maximum Gasteiger partial charge on any atom is 0.335 e. The molecule has 104 valence electrons. The van der Waals surface area contributed by atoms with E-state index in [2.05, 4.69) is 9.97 Å². The summed E-state index contributed by atoms with van der Waals surface area (Å²) in [6.45, 7) is 0. The second kappa shape index (κ2) is 6.01. The molecule has 0 saturated carbocycles. The lowest BCUT2D eigenvalue weighted by atomic mass is 10.0. The summed E-state index contributed by atoms with van der Waals surface area (Å²) in [6.07, 6.45) is 0.288. The molecule has 6 heteroatoms. The van der Waals surface area contributed by atoms with Gasteiger partial charge in [0.05, 0.1) is 25.8 Å². The van der Waals surface area contributed by atoms with Gasteiger partial charge in [0.2, 0.25) is 11.8 Å². The van der Waals surface area contributed by atoms with Crippen LogP contribution in [-0.2, 0) is 6.42 Å². The highest BCUT2D eigenvalue weighted by atomic mass is 16.5. The van der Waals surface area contributed by atoms with Gasteiger partial charge >= 0.3 is 5.97 Å². The number of carbonyl (C=O) groups is 1. The smallest absolute Gasteiger partial charge is 0.335 e. The highest BCUT2D eigenvalue weighted by molar-refractivity contribution is 5.89. The van der Waals surface area contributed by atoms with E-state index in [1.165, 1.54) is 14.2 Å². The molecule has 0 bridgehead atoms. The number of aromatic nitrogens is 2. The molecule has 6 nitrogen and oxygen atoms in total. The molecule has 2 aromatic rings. The van der Waals surface area contributed by atoms with Crippen LogP contribution in [0.15, 0.2) is 30.3 Å². The Hall–Kier alpha value is -2.63. The maximum absolute atomic E-state index is 11.2. The minimum absolute atomic E-state index is 0.234. The third-order valence-corrected chi connectivity index (χ3v) is 2.74. The van der Waals surface area contributed by atoms with E-state index in [0.717, 1.165) is 0 Å². The molecule has 0 spiro atoms. The number of hydrogen-bond donors (Lipinski definition) is 1. The topological polar surface area (TPSA) is 81.5 Å². The van der Waals surface area contributed by atoms with Gasteiger partial charge < -0.3 is 14.6 Å². The predicted octanol–water partition coefficient (Wildman–Crippen LogP) is 1.78. The van der Waals surface area contributed by atoms with E-state index in [1.807, 2.05) is 0 Å². The van der Waals surface area contributed by atoms with Crippen molar-refractivity contribution in [3.8, 4) is 11.8 Å². The van der Waals surface area contributed by atoms with Crippen molar-refractivity contribution in [1.82, 2.24) is 9.97 Å². The van der Waals surface area contributed by atoms with Crippen molar-refractivity contribution in [3.63, 3.8) is 0 Å². The molecule has 20 heavy (non-hydrogen) atoms. The first-order valence-electron chi connectivity index (χ1n) is 5.91. The Morgan fingerprint density at radius 3 is 2.30 bits per heavy atom. The number of benzene rings is 1. The van der Waals surface area contributed by atoms with Gasteiger partial charge in [0.25, 0.3) is 0 Å². The first-order valence-corrected chi connectivity index (χ1v) is 5.91. The van der Waals surface area contributed by atoms with Crippen LogP contribution in [0.1, 0.15) is 21.7 Å². The molecule has 0 aliphatic rings. The molecule has 1 heterocycles. The van der Waals surface area contributed by atoms with Crippen molar-refractivity contribution in [3.05, 3.63) is 47.3 Å². The summed E-state index contributed by atoms with van der Waals surface area (Å²) in [5, 5.41) is 9.15. The molecule has 0 fully saturated rings. The van der Waals surface area contributed by atoms with Crippen molar-refractivity contribution >= 4 is 5.97 Å². The Bertz CT molecular complexity index is 606. The number of ether oxygens (including phenoxy) is 2. The van der Waals surface area contributed by atoms with Crippen LogP contribution in [0, 0.1) is 0 Å². The third-order valence-electron chi connectivity index (χ3n) is 2.74. The quantitative estimate of drug-likeness (QED) is 0.895. The monoisotopic (exact) mass is 274 g/mol. The van der Waals surface area contributed by atoms with Gasteiger partial charge in [-0.3, -0.25) is 0 Å². The number of aromatic carboxylic acids is 1. The summed E-state index contributed by atoms with van der Waals surface area (Å²) >= 11 is 0. The van der Waals surface area contributed by atoms with Crippen molar-refractivity contribution in [2.75, 3.05) is 14.2 Å². The Morgan fingerprint density at radius 1 is 1.15 bits per heavy atom. The summed E-state index contributed by atoms with van der Waals surface area (Å²) in [4.78, 5) is 19.5. The number of rotatable bonds is 5. The molecule has 0 aliphatic carbocycles. The first kappa shape index (κ1) is 13.8. The van der Waals surface area contributed by atoms with Crippen LogP contribution in [0.5, 0.6) is 11.8 Å². The minimum Gasteiger partial charge on any atom is -0.481 e. The lowest BCUT2D eigenvalue weighted by Gasteiger charge is -2.08. The Balaban J connectivity index is 2.37. The van der Waals surface area contributed by atoms with Gasteiger partial charge in [-0.2, -0.15) is 9.97 Å². The fourth-order valence-electron chi connectivity index (χ4n) is 1.79. The number of carboxylic acid groups (broad SMARTS) is 1. The molecule has 2 rings (SSSR count). The van der Waals surface area contributed by atoms with E-state index < -0.39 is 5.97 Å². The fourth-order valence-corrected chi connectivity index (χ4v) is 1.79. The zero-order valence-corrected chi connectivity index (χ0v) is 11.2. The van der Waals surface area contributed by atoms with Gasteiger partial charge in [0.15, 0.2) is 0 Å². The second-order valence-electron chi connectivity index (χ2n) is 4.01. The summed E-state index contributed by atoms with van der Waals surface area (Å²) < 4.78 is 10.1. The number of methoxy groups -OCH3 is 2. The fraction of sp³-hybridized carbons (Fsp3) is 0.214. The molecule has 1 aromatic carbocycles. The normalized spacial score (nSPS) is 10.1. The van der Waals surface area contributed by atoms with E-state index in [4.69, 9.17) is 14.6 Å². The number of hydrogen-bond acceptors (Lipinski definition) is 5. The van der Waals surface area contributed by atoms with Gasteiger partial charge in [-0.15, -0.1) is 0 Å². The lowest BCUT2D eigenvalue weighted by Crippen LogP contribution is -2.06. The summed E-state index contributed by atoms with van der Waals surface area (Å²) in [7, 11) is 2.99. The van der Waals surface area contributed by atoms with Crippen LogP contribution in [0.4, 0.5) is 0 Å². The summed E-state index contributed by atoms with van der Waals surface area (Å²) in [5.41, 5.74) is 0.869. The second-order valence-corrected chi connectivity index (χ2v) is 4.01. The van der Waals surface area contributed by atoms with Gasteiger partial charge in [-0.25, -0.2) is 4.79 Å². The van der Waals surface area contributed by atoms with Crippen LogP contribution in [-0.4, -0.2) is 35.3 Å². The number of nitrogens with zero attached hydrogens (tertiary/aromatic N) is 2. The van der Waals surface area contributed by atoms with Crippen LogP contribution in [0.2, 0.25) is 0 Å². The Morgan fingerprint density at radius 2 is 1.75 bits per heavy atom. The van der Waals surface area contributed by atoms with Gasteiger partial charge in [-0.1, -0.05) is 18.2 Å². The molecule has 0 unspecified atom stereocenters. The zero-order chi connectivity index (χ0) is 14.5. The van der Waals surface area contributed by atoms with Crippen LogP contribution >= 0.6 is 0 Å². The largest absolute Gasteiger partial charge is 0.481 e. The molecule has 0 saturated heterocycles. The van der Waals surface area contributed by atoms with Crippen molar-refractivity contribution in [1.29, 1.82) is 0 Å². The van der Waals surface area contributed by atoms with Crippen LogP contribution < -0.4 is 9.47 Å². The van der Waals surface area contributed by atoms with Crippen molar-refractivity contribution in [2.45, 2.75) is 6.42 Å². The number of carboxylic acids is 1. The Kier molecular flexibility index (Phi) is 4.14. The molecule has 0 atom stereocenters. The van der Waals surface area contributed by atoms with E-state index in [1.54, 1.807) is 30.3 Å². The van der Waals surface area contributed by atoms with Crippen molar-refractivity contribution < 1.29 is 19.4 Å². The van der Waals surface area contributed by atoms with E-state index in [0.29, 0.717) is 23.1 Å². The van der Waals surface area contributed by atoms with Crippen molar-refractivity contribution in [2.24, 2.45) is 0 Å².